The molecule has 0 spiro atoms. The molecule has 0 aliphatic carbocycles. The summed E-state index contributed by atoms with van der Waals surface area (Å²) in [5.74, 6) is 0.343. The van der Waals surface area contributed by atoms with E-state index in [2.05, 4.69) is 49.2 Å². The Kier molecular flexibility index (Phi) is 5.22. The fraction of sp³-hybridized carbons (Fsp3) is 0.588. The lowest BCUT2D eigenvalue weighted by Crippen LogP contribution is -2.38. The second-order valence-electron chi connectivity index (χ2n) is 7.05. The molecule has 1 aliphatic rings. The molecule has 1 aromatic rings. The van der Waals surface area contributed by atoms with Gasteiger partial charge in [-0.3, -0.25) is 4.79 Å². The van der Waals surface area contributed by atoms with Gasteiger partial charge in [-0.15, -0.1) is 0 Å². The van der Waals surface area contributed by atoms with E-state index in [1.54, 1.807) is 0 Å². The van der Waals surface area contributed by atoms with Crippen LogP contribution >= 0.6 is 0 Å². The molecule has 1 fully saturated rings. The zero-order valence-corrected chi connectivity index (χ0v) is 14.6. The Labute approximate surface area is 129 Å². The van der Waals surface area contributed by atoms with E-state index < -0.39 is 8.07 Å². The van der Waals surface area contributed by atoms with E-state index in [9.17, 15) is 4.79 Å². The van der Waals surface area contributed by atoms with Crippen molar-refractivity contribution >= 4 is 19.2 Å². The van der Waals surface area contributed by atoms with Crippen molar-refractivity contribution in [1.29, 1.82) is 0 Å². The van der Waals surface area contributed by atoms with Gasteiger partial charge in [-0.25, -0.2) is 0 Å². The summed E-state index contributed by atoms with van der Waals surface area (Å²) in [6.07, 6.45) is 2.61. The number of rotatable bonds is 4. The summed E-state index contributed by atoms with van der Waals surface area (Å²) in [6.45, 7) is 8.08. The highest BCUT2D eigenvalue weighted by atomic mass is 28.3. The van der Waals surface area contributed by atoms with Crippen molar-refractivity contribution in [2.45, 2.75) is 44.9 Å². The van der Waals surface area contributed by atoms with E-state index in [1.165, 1.54) is 17.9 Å². The summed E-state index contributed by atoms with van der Waals surface area (Å²) in [5, 5.41) is 5.07. The van der Waals surface area contributed by atoms with E-state index in [4.69, 9.17) is 4.74 Å². The SMILES string of the molecule is COC(=O)C[C@@H]1CCN[C@H](c2ccc([Si](C)(C)C)cc2)C1. The van der Waals surface area contributed by atoms with Crippen molar-refractivity contribution < 1.29 is 9.53 Å². The Balaban J connectivity index is 2.02. The molecule has 1 N–H and O–H groups in total. The summed E-state index contributed by atoms with van der Waals surface area (Å²) >= 11 is 0. The van der Waals surface area contributed by atoms with E-state index in [0.29, 0.717) is 18.4 Å². The number of methoxy groups -OCH3 is 1. The third-order valence-corrected chi connectivity index (χ3v) is 6.44. The largest absolute Gasteiger partial charge is 0.469 e. The summed E-state index contributed by atoms with van der Waals surface area (Å²) in [5.41, 5.74) is 1.34. The minimum atomic E-state index is -1.23. The van der Waals surface area contributed by atoms with Crippen LogP contribution in [-0.4, -0.2) is 27.7 Å². The number of hydrogen-bond donors (Lipinski definition) is 1. The minimum absolute atomic E-state index is 0.0882. The van der Waals surface area contributed by atoms with Crippen molar-refractivity contribution in [1.82, 2.24) is 5.32 Å². The van der Waals surface area contributed by atoms with Crippen LogP contribution in [0.4, 0.5) is 0 Å². The molecule has 1 aliphatic heterocycles. The molecule has 0 amide bonds. The molecule has 1 aromatic carbocycles. The van der Waals surface area contributed by atoms with Crippen LogP contribution in [0, 0.1) is 5.92 Å². The molecular weight excluding hydrogens is 278 g/mol. The van der Waals surface area contributed by atoms with Gasteiger partial charge in [-0.2, -0.15) is 0 Å². The third kappa shape index (κ3) is 4.42. The average Bonchev–Trinajstić information content (AvgIpc) is 2.46. The van der Waals surface area contributed by atoms with Gasteiger partial charge < -0.3 is 10.1 Å². The summed E-state index contributed by atoms with van der Waals surface area (Å²) < 4.78 is 4.79. The first-order valence-electron chi connectivity index (χ1n) is 7.81. The fourth-order valence-corrected chi connectivity index (χ4v) is 4.14. The number of benzene rings is 1. The Hall–Kier alpha value is -1.13. The first-order chi connectivity index (χ1) is 9.90. The van der Waals surface area contributed by atoms with Crippen LogP contribution in [0.1, 0.15) is 30.9 Å². The molecule has 0 radical (unpaired) electrons. The van der Waals surface area contributed by atoms with E-state index in [1.807, 2.05) is 0 Å². The Morgan fingerprint density at radius 3 is 2.52 bits per heavy atom. The van der Waals surface area contributed by atoms with E-state index in [-0.39, 0.29) is 5.97 Å². The van der Waals surface area contributed by atoms with E-state index >= 15 is 0 Å². The number of esters is 1. The number of carbonyl (C=O) groups excluding carboxylic acids is 1. The Morgan fingerprint density at radius 2 is 1.95 bits per heavy atom. The molecular formula is C17H27NO2Si. The monoisotopic (exact) mass is 305 g/mol. The first kappa shape index (κ1) is 16.2. The first-order valence-corrected chi connectivity index (χ1v) is 11.3. The summed E-state index contributed by atoms with van der Waals surface area (Å²) in [6, 6.07) is 9.45. The molecule has 0 saturated carbocycles. The van der Waals surface area contributed by atoms with Crippen LogP contribution in [-0.2, 0) is 9.53 Å². The lowest BCUT2D eigenvalue weighted by Gasteiger charge is -2.30. The maximum Gasteiger partial charge on any atom is 0.305 e. The smallest absolute Gasteiger partial charge is 0.305 e. The molecule has 1 saturated heterocycles. The van der Waals surface area contributed by atoms with Crippen molar-refractivity contribution in [2.24, 2.45) is 5.92 Å². The van der Waals surface area contributed by atoms with Gasteiger partial charge in [0.15, 0.2) is 0 Å². The topological polar surface area (TPSA) is 38.3 Å². The van der Waals surface area contributed by atoms with Gasteiger partial charge in [0.2, 0.25) is 0 Å². The van der Waals surface area contributed by atoms with Crippen LogP contribution in [0.5, 0.6) is 0 Å². The molecule has 0 bridgehead atoms. The molecule has 2 atom stereocenters. The third-order valence-electron chi connectivity index (χ3n) is 4.37. The van der Waals surface area contributed by atoms with Gasteiger partial charge in [0.25, 0.3) is 0 Å². The van der Waals surface area contributed by atoms with Crippen LogP contribution in [0.25, 0.3) is 0 Å². The van der Waals surface area contributed by atoms with Gasteiger partial charge in [0.05, 0.1) is 15.2 Å². The normalized spacial score (nSPS) is 22.9. The number of ether oxygens (including phenoxy) is 1. The Morgan fingerprint density at radius 1 is 1.29 bits per heavy atom. The lowest BCUT2D eigenvalue weighted by atomic mass is 9.87. The quantitative estimate of drug-likeness (QED) is 0.687. The zero-order valence-electron chi connectivity index (χ0n) is 13.6. The number of piperidine rings is 1. The van der Waals surface area contributed by atoms with Gasteiger partial charge in [0, 0.05) is 12.5 Å². The number of carbonyl (C=O) groups is 1. The summed E-state index contributed by atoms with van der Waals surface area (Å²) in [7, 11) is 0.241. The van der Waals surface area contributed by atoms with Crippen LogP contribution in [0.2, 0.25) is 19.6 Å². The molecule has 4 heteroatoms. The molecule has 2 rings (SSSR count). The second-order valence-corrected chi connectivity index (χ2v) is 12.1. The highest BCUT2D eigenvalue weighted by Gasteiger charge is 2.25. The highest BCUT2D eigenvalue weighted by Crippen LogP contribution is 2.29. The molecule has 0 unspecified atom stereocenters. The molecule has 1 heterocycles. The van der Waals surface area contributed by atoms with Gasteiger partial charge in [0.1, 0.15) is 0 Å². The van der Waals surface area contributed by atoms with Crippen molar-refractivity contribution in [2.75, 3.05) is 13.7 Å². The molecule has 21 heavy (non-hydrogen) atoms. The molecule has 0 aromatic heterocycles. The molecule has 116 valence electrons. The minimum Gasteiger partial charge on any atom is -0.469 e. The maximum absolute atomic E-state index is 11.4. The number of hydrogen-bond acceptors (Lipinski definition) is 3. The van der Waals surface area contributed by atoms with Crippen LogP contribution < -0.4 is 10.5 Å². The van der Waals surface area contributed by atoms with Gasteiger partial charge in [-0.1, -0.05) is 49.1 Å². The van der Waals surface area contributed by atoms with Crippen molar-refractivity contribution in [3.8, 4) is 0 Å². The fourth-order valence-electron chi connectivity index (χ4n) is 2.97. The lowest BCUT2D eigenvalue weighted by molar-refractivity contribution is -0.142. The van der Waals surface area contributed by atoms with Gasteiger partial charge in [-0.05, 0) is 30.9 Å². The highest BCUT2D eigenvalue weighted by molar-refractivity contribution is 6.88. The van der Waals surface area contributed by atoms with Crippen LogP contribution in [0.15, 0.2) is 24.3 Å². The van der Waals surface area contributed by atoms with Crippen molar-refractivity contribution in [3.05, 3.63) is 29.8 Å². The van der Waals surface area contributed by atoms with E-state index in [0.717, 1.165) is 19.4 Å². The molecule has 3 nitrogen and oxygen atoms in total. The predicted octanol–water partition coefficient (Wildman–Crippen LogP) is 2.84. The van der Waals surface area contributed by atoms with Gasteiger partial charge >= 0.3 is 5.97 Å². The van der Waals surface area contributed by atoms with Crippen LogP contribution in [0.3, 0.4) is 0 Å². The maximum atomic E-state index is 11.4. The Bertz CT molecular complexity index is 479. The summed E-state index contributed by atoms with van der Waals surface area (Å²) in [4.78, 5) is 11.4. The standard InChI is InChI=1S/C17H27NO2Si/c1-20-17(19)12-13-9-10-18-16(11-13)14-5-7-15(8-6-14)21(2,3)4/h5-8,13,16,18H,9-12H2,1-4H3/t13-,16+/m1/s1. The zero-order chi connectivity index (χ0) is 15.5. The van der Waals surface area contributed by atoms with Crippen molar-refractivity contribution in [3.63, 3.8) is 0 Å². The second kappa shape index (κ2) is 6.75. The predicted molar refractivity (Wildman–Crippen MR) is 89.5 cm³/mol. The average molecular weight is 305 g/mol. The number of nitrogens with one attached hydrogen (secondary N) is 1.